The highest BCUT2D eigenvalue weighted by Crippen LogP contribution is 2.34. The minimum atomic E-state index is -0.786. The molecule has 0 saturated heterocycles. The SMILES string of the molecule is COC1(CNCC(=O)Nc2c(F)cccc2F)CCC1. The van der Waals surface area contributed by atoms with Gasteiger partial charge < -0.3 is 15.4 Å². The maximum atomic E-state index is 13.3. The normalized spacial score (nSPS) is 16.6. The van der Waals surface area contributed by atoms with Gasteiger partial charge >= 0.3 is 0 Å². The fraction of sp³-hybridized carbons (Fsp3) is 0.500. The predicted octanol–water partition coefficient (Wildman–Crippen LogP) is 2.06. The molecule has 1 aromatic carbocycles. The second-order valence-corrected chi connectivity index (χ2v) is 4.99. The van der Waals surface area contributed by atoms with Crippen LogP contribution in [-0.4, -0.2) is 31.7 Å². The van der Waals surface area contributed by atoms with E-state index < -0.39 is 23.2 Å². The largest absolute Gasteiger partial charge is 0.377 e. The van der Waals surface area contributed by atoms with Gasteiger partial charge in [-0.1, -0.05) is 6.07 Å². The fourth-order valence-electron chi connectivity index (χ4n) is 2.23. The monoisotopic (exact) mass is 284 g/mol. The smallest absolute Gasteiger partial charge is 0.238 e. The van der Waals surface area contributed by atoms with Crippen molar-refractivity contribution in [1.29, 1.82) is 0 Å². The van der Waals surface area contributed by atoms with E-state index in [4.69, 9.17) is 4.74 Å². The molecule has 0 bridgehead atoms. The number of carbonyl (C=O) groups excluding carboxylic acids is 1. The fourth-order valence-corrected chi connectivity index (χ4v) is 2.23. The highest BCUT2D eigenvalue weighted by molar-refractivity contribution is 5.92. The van der Waals surface area contributed by atoms with Crippen molar-refractivity contribution in [3.05, 3.63) is 29.8 Å². The Labute approximate surface area is 116 Å². The van der Waals surface area contributed by atoms with Crippen LogP contribution in [-0.2, 0) is 9.53 Å². The number of rotatable bonds is 6. The number of methoxy groups -OCH3 is 1. The van der Waals surface area contributed by atoms with Gasteiger partial charge in [0.25, 0.3) is 0 Å². The van der Waals surface area contributed by atoms with E-state index in [2.05, 4.69) is 10.6 Å². The highest BCUT2D eigenvalue weighted by atomic mass is 19.1. The van der Waals surface area contributed by atoms with E-state index in [-0.39, 0.29) is 12.1 Å². The average molecular weight is 284 g/mol. The van der Waals surface area contributed by atoms with Crippen LogP contribution in [0, 0.1) is 11.6 Å². The molecule has 20 heavy (non-hydrogen) atoms. The Bertz CT molecular complexity index is 464. The third-order valence-electron chi connectivity index (χ3n) is 3.66. The molecule has 1 aromatic rings. The second-order valence-electron chi connectivity index (χ2n) is 4.99. The van der Waals surface area contributed by atoms with Gasteiger partial charge in [0.1, 0.15) is 17.3 Å². The van der Waals surface area contributed by atoms with Gasteiger partial charge in [0.2, 0.25) is 5.91 Å². The van der Waals surface area contributed by atoms with E-state index in [9.17, 15) is 13.6 Å². The molecule has 0 radical (unpaired) electrons. The maximum Gasteiger partial charge on any atom is 0.238 e. The van der Waals surface area contributed by atoms with Crippen LogP contribution in [0.15, 0.2) is 18.2 Å². The number of nitrogens with one attached hydrogen (secondary N) is 2. The minimum absolute atomic E-state index is 0.0150. The minimum Gasteiger partial charge on any atom is -0.377 e. The quantitative estimate of drug-likeness (QED) is 0.840. The van der Waals surface area contributed by atoms with Gasteiger partial charge in [-0.15, -0.1) is 0 Å². The first kappa shape index (κ1) is 14.9. The van der Waals surface area contributed by atoms with Gasteiger partial charge in [-0.2, -0.15) is 0 Å². The van der Waals surface area contributed by atoms with Crippen molar-refractivity contribution in [3.63, 3.8) is 0 Å². The lowest BCUT2D eigenvalue weighted by atomic mass is 9.80. The molecule has 0 aliphatic heterocycles. The number of benzene rings is 1. The maximum absolute atomic E-state index is 13.3. The molecule has 110 valence electrons. The van der Waals surface area contributed by atoms with Crippen molar-refractivity contribution in [2.45, 2.75) is 24.9 Å². The van der Waals surface area contributed by atoms with Crippen LogP contribution in [0.25, 0.3) is 0 Å². The first-order valence-electron chi connectivity index (χ1n) is 6.56. The molecule has 1 aliphatic rings. The van der Waals surface area contributed by atoms with Crippen LogP contribution in [0.4, 0.5) is 14.5 Å². The number of para-hydroxylation sites is 1. The topological polar surface area (TPSA) is 50.4 Å². The zero-order chi connectivity index (χ0) is 14.6. The number of amides is 1. The molecule has 0 heterocycles. The van der Waals surface area contributed by atoms with Crippen molar-refractivity contribution in [2.75, 3.05) is 25.5 Å². The van der Waals surface area contributed by atoms with Gasteiger partial charge in [0.05, 0.1) is 12.1 Å². The molecular weight excluding hydrogens is 266 g/mol. The molecule has 0 spiro atoms. The van der Waals surface area contributed by atoms with E-state index in [0.717, 1.165) is 31.4 Å². The molecule has 1 fully saturated rings. The third-order valence-corrected chi connectivity index (χ3v) is 3.66. The number of ether oxygens (including phenoxy) is 1. The molecule has 1 amide bonds. The summed E-state index contributed by atoms with van der Waals surface area (Å²) in [5, 5.41) is 5.18. The first-order chi connectivity index (χ1) is 9.56. The molecule has 1 aliphatic carbocycles. The van der Waals surface area contributed by atoms with E-state index in [1.165, 1.54) is 6.07 Å². The van der Waals surface area contributed by atoms with Crippen molar-refractivity contribution >= 4 is 11.6 Å². The van der Waals surface area contributed by atoms with Crippen LogP contribution in [0.3, 0.4) is 0 Å². The van der Waals surface area contributed by atoms with Crippen LogP contribution in [0.1, 0.15) is 19.3 Å². The number of hydrogen-bond acceptors (Lipinski definition) is 3. The lowest BCUT2D eigenvalue weighted by Crippen LogP contribution is -2.49. The molecule has 6 heteroatoms. The van der Waals surface area contributed by atoms with Crippen molar-refractivity contribution in [3.8, 4) is 0 Å². The van der Waals surface area contributed by atoms with Gasteiger partial charge in [-0.25, -0.2) is 8.78 Å². The Balaban J connectivity index is 1.81. The number of hydrogen-bond donors (Lipinski definition) is 2. The summed E-state index contributed by atoms with van der Waals surface area (Å²) in [6.45, 7) is 0.537. The molecule has 0 atom stereocenters. The Hall–Kier alpha value is -1.53. The van der Waals surface area contributed by atoms with Gasteiger partial charge in [0, 0.05) is 13.7 Å². The number of anilines is 1. The standard InChI is InChI=1S/C14H18F2N2O2/c1-20-14(6-3-7-14)9-17-8-12(19)18-13-10(15)4-2-5-11(13)16/h2,4-5,17H,3,6-9H2,1H3,(H,18,19). The predicted molar refractivity (Wildman–Crippen MR) is 71.4 cm³/mol. The number of carbonyl (C=O) groups is 1. The lowest BCUT2D eigenvalue weighted by Gasteiger charge is -2.40. The van der Waals surface area contributed by atoms with Crippen molar-refractivity contribution < 1.29 is 18.3 Å². The van der Waals surface area contributed by atoms with E-state index in [1.807, 2.05) is 0 Å². The van der Waals surface area contributed by atoms with Crippen LogP contribution in [0.2, 0.25) is 0 Å². The summed E-state index contributed by atoms with van der Waals surface area (Å²) in [7, 11) is 1.65. The molecule has 4 nitrogen and oxygen atoms in total. The number of halogens is 2. The Morgan fingerprint density at radius 3 is 2.50 bits per heavy atom. The van der Waals surface area contributed by atoms with Crippen molar-refractivity contribution in [1.82, 2.24) is 5.32 Å². The zero-order valence-electron chi connectivity index (χ0n) is 11.3. The summed E-state index contributed by atoms with van der Waals surface area (Å²) in [6.07, 6.45) is 3.03. The molecule has 2 N–H and O–H groups in total. The molecule has 2 rings (SSSR count). The molecular formula is C14H18F2N2O2. The molecule has 1 saturated carbocycles. The van der Waals surface area contributed by atoms with E-state index in [0.29, 0.717) is 6.54 Å². The summed E-state index contributed by atoms with van der Waals surface area (Å²) >= 11 is 0. The second kappa shape index (κ2) is 6.28. The van der Waals surface area contributed by atoms with E-state index >= 15 is 0 Å². The Morgan fingerprint density at radius 2 is 2.00 bits per heavy atom. The van der Waals surface area contributed by atoms with Crippen molar-refractivity contribution in [2.24, 2.45) is 0 Å². The Kier molecular flexibility index (Phi) is 4.67. The third kappa shape index (κ3) is 3.32. The summed E-state index contributed by atoms with van der Waals surface area (Å²) in [4.78, 5) is 11.6. The summed E-state index contributed by atoms with van der Waals surface area (Å²) in [5.74, 6) is -2.06. The average Bonchev–Trinajstić information content (AvgIpc) is 2.37. The zero-order valence-corrected chi connectivity index (χ0v) is 11.3. The van der Waals surface area contributed by atoms with Gasteiger partial charge in [0.15, 0.2) is 0 Å². The lowest BCUT2D eigenvalue weighted by molar-refractivity contribution is -0.116. The van der Waals surface area contributed by atoms with Crippen LogP contribution in [0.5, 0.6) is 0 Å². The molecule has 0 unspecified atom stereocenters. The first-order valence-corrected chi connectivity index (χ1v) is 6.56. The Morgan fingerprint density at radius 1 is 1.35 bits per heavy atom. The summed E-state index contributed by atoms with van der Waals surface area (Å²) < 4.78 is 32.1. The van der Waals surface area contributed by atoms with Crippen LogP contribution < -0.4 is 10.6 Å². The highest BCUT2D eigenvalue weighted by Gasteiger charge is 2.36. The molecule has 0 aromatic heterocycles. The summed E-state index contributed by atoms with van der Waals surface area (Å²) in [6, 6.07) is 3.44. The van der Waals surface area contributed by atoms with Gasteiger partial charge in [-0.3, -0.25) is 4.79 Å². The van der Waals surface area contributed by atoms with Gasteiger partial charge in [-0.05, 0) is 31.4 Å². The summed E-state index contributed by atoms with van der Waals surface area (Å²) in [5.41, 5.74) is -0.604. The van der Waals surface area contributed by atoms with Crippen LogP contribution >= 0.6 is 0 Å². The van der Waals surface area contributed by atoms with E-state index in [1.54, 1.807) is 7.11 Å².